The number of rotatable bonds is 5. The van der Waals surface area contributed by atoms with E-state index in [2.05, 4.69) is 10.2 Å². The van der Waals surface area contributed by atoms with Crippen molar-refractivity contribution < 1.29 is 10.0 Å². The molecule has 0 aliphatic carbocycles. The van der Waals surface area contributed by atoms with Crippen LogP contribution in [0.5, 0.6) is 0 Å². The Morgan fingerprint density at radius 3 is 2.95 bits per heavy atom. The van der Waals surface area contributed by atoms with Crippen LogP contribution >= 0.6 is 0 Å². The minimum absolute atomic E-state index is 0.0996. The van der Waals surface area contributed by atoms with Crippen molar-refractivity contribution in [3.63, 3.8) is 0 Å². The molecular weight excluding hydrogens is 258 g/mol. The number of piperidine rings is 1. The van der Waals surface area contributed by atoms with Crippen LogP contribution in [0.3, 0.4) is 0 Å². The fraction of sp³-hybridized carbons (Fsp3) is 0.571. The Hall–Kier alpha value is -1.66. The summed E-state index contributed by atoms with van der Waals surface area (Å²) in [6, 6.07) is 5.44. The van der Waals surface area contributed by atoms with E-state index in [1.54, 1.807) is 19.2 Å². The van der Waals surface area contributed by atoms with E-state index in [-0.39, 0.29) is 23.3 Å². The first-order valence-electron chi connectivity index (χ1n) is 6.95. The number of nitro benzene ring substituents is 1. The van der Waals surface area contributed by atoms with Gasteiger partial charge in [-0.25, -0.2) is 0 Å². The summed E-state index contributed by atoms with van der Waals surface area (Å²) in [5, 5.41) is 23.3. The van der Waals surface area contributed by atoms with Gasteiger partial charge in [-0.2, -0.15) is 0 Å². The van der Waals surface area contributed by atoms with Gasteiger partial charge in [0.05, 0.1) is 11.5 Å². The molecule has 1 aliphatic heterocycles. The van der Waals surface area contributed by atoms with E-state index in [1.165, 1.54) is 0 Å². The van der Waals surface area contributed by atoms with Crippen LogP contribution in [0, 0.1) is 10.1 Å². The van der Waals surface area contributed by atoms with Crippen LogP contribution in [0.1, 0.15) is 24.8 Å². The topological polar surface area (TPSA) is 78.6 Å². The minimum atomic E-state index is -0.366. The zero-order valence-electron chi connectivity index (χ0n) is 11.7. The summed E-state index contributed by atoms with van der Waals surface area (Å²) in [6.45, 7) is 1.74. The molecule has 110 valence electrons. The van der Waals surface area contributed by atoms with Crippen LogP contribution < -0.4 is 5.32 Å². The molecular formula is C14H21N3O3. The smallest absolute Gasteiger partial charge is 0.292 e. The predicted octanol–water partition coefficient (Wildman–Crippen LogP) is 1.98. The maximum atomic E-state index is 11.1. The second kappa shape index (κ2) is 6.67. The molecule has 0 saturated carbocycles. The lowest BCUT2D eigenvalue weighted by atomic mass is 10.0. The van der Waals surface area contributed by atoms with Crippen molar-refractivity contribution in [2.75, 3.05) is 25.5 Å². The van der Waals surface area contributed by atoms with E-state index in [0.717, 1.165) is 31.4 Å². The maximum absolute atomic E-state index is 11.1. The molecule has 0 bridgehead atoms. The summed E-state index contributed by atoms with van der Waals surface area (Å²) in [7, 11) is 1.68. The lowest BCUT2D eigenvalue weighted by Crippen LogP contribution is -2.41. The number of nitrogens with one attached hydrogen (secondary N) is 1. The standard InChI is InChI=1S/C14H21N3O3/c1-15-13-6-5-11(8-14(13)17(19)20)9-16-7-3-2-4-12(16)10-18/h5-6,8,12,15,18H,2-4,7,9-10H2,1H3. The largest absolute Gasteiger partial charge is 0.395 e. The van der Waals surface area contributed by atoms with Gasteiger partial charge in [-0.3, -0.25) is 15.0 Å². The number of hydrogen-bond acceptors (Lipinski definition) is 5. The molecule has 1 fully saturated rings. The number of anilines is 1. The van der Waals surface area contributed by atoms with E-state index in [4.69, 9.17) is 0 Å². The van der Waals surface area contributed by atoms with E-state index < -0.39 is 0 Å². The SMILES string of the molecule is CNc1ccc(CN2CCCCC2CO)cc1[N+](=O)[O-]. The van der Waals surface area contributed by atoms with Crippen LogP contribution in [0.2, 0.25) is 0 Å². The number of hydrogen-bond donors (Lipinski definition) is 2. The average molecular weight is 279 g/mol. The van der Waals surface area contributed by atoms with Gasteiger partial charge in [-0.15, -0.1) is 0 Å². The highest BCUT2D eigenvalue weighted by molar-refractivity contribution is 5.62. The summed E-state index contributed by atoms with van der Waals surface area (Å²) >= 11 is 0. The van der Waals surface area contributed by atoms with Crippen molar-refractivity contribution in [3.8, 4) is 0 Å². The molecule has 20 heavy (non-hydrogen) atoms. The van der Waals surface area contributed by atoms with E-state index in [9.17, 15) is 15.2 Å². The normalized spacial score (nSPS) is 19.8. The quantitative estimate of drug-likeness (QED) is 0.636. The number of aliphatic hydroxyl groups excluding tert-OH is 1. The molecule has 0 spiro atoms. The van der Waals surface area contributed by atoms with Gasteiger partial charge in [0.2, 0.25) is 0 Å². The third-order valence-corrected chi connectivity index (χ3v) is 3.87. The lowest BCUT2D eigenvalue weighted by Gasteiger charge is -2.34. The molecule has 6 nitrogen and oxygen atoms in total. The van der Waals surface area contributed by atoms with Gasteiger partial charge in [0.15, 0.2) is 0 Å². The van der Waals surface area contributed by atoms with Crippen LogP contribution in [-0.2, 0) is 6.54 Å². The molecule has 6 heteroatoms. The monoisotopic (exact) mass is 279 g/mol. The molecule has 1 saturated heterocycles. The fourth-order valence-corrected chi connectivity index (χ4v) is 2.75. The summed E-state index contributed by atoms with van der Waals surface area (Å²) in [6.07, 6.45) is 3.25. The highest BCUT2D eigenvalue weighted by Gasteiger charge is 2.22. The summed E-state index contributed by atoms with van der Waals surface area (Å²) in [5.74, 6) is 0. The second-order valence-electron chi connectivity index (χ2n) is 5.16. The molecule has 1 unspecified atom stereocenters. The van der Waals surface area contributed by atoms with Crippen molar-refractivity contribution in [1.29, 1.82) is 0 Å². The first kappa shape index (κ1) is 14.7. The predicted molar refractivity (Wildman–Crippen MR) is 77.8 cm³/mol. The second-order valence-corrected chi connectivity index (χ2v) is 5.16. The molecule has 0 aromatic heterocycles. The number of aliphatic hydroxyl groups is 1. The molecule has 0 amide bonds. The van der Waals surface area contributed by atoms with Crippen molar-refractivity contribution >= 4 is 11.4 Å². The number of nitro groups is 1. The highest BCUT2D eigenvalue weighted by atomic mass is 16.6. The third kappa shape index (κ3) is 3.26. The third-order valence-electron chi connectivity index (χ3n) is 3.87. The molecule has 2 N–H and O–H groups in total. The van der Waals surface area contributed by atoms with Gasteiger partial charge >= 0.3 is 0 Å². The van der Waals surface area contributed by atoms with Gasteiger partial charge in [-0.1, -0.05) is 12.5 Å². The van der Waals surface area contributed by atoms with Gasteiger partial charge in [0.25, 0.3) is 5.69 Å². The zero-order valence-corrected chi connectivity index (χ0v) is 11.7. The minimum Gasteiger partial charge on any atom is -0.395 e. The zero-order chi connectivity index (χ0) is 14.5. The first-order valence-corrected chi connectivity index (χ1v) is 6.95. The molecule has 2 rings (SSSR count). The maximum Gasteiger partial charge on any atom is 0.292 e. The first-order chi connectivity index (χ1) is 9.65. The Kier molecular flexibility index (Phi) is 4.92. The Labute approximate surface area is 118 Å². The number of likely N-dealkylation sites (tertiary alicyclic amines) is 1. The van der Waals surface area contributed by atoms with Gasteiger partial charge in [0.1, 0.15) is 5.69 Å². The molecule has 1 atom stereocenters. The highest BCUT2D eigenvalue weighted by Crippen LogP contribution is 2.27. The Morgan fingerprint density at radius 1 is 1.50 bits per heavy atom. The van der Waals surface area contributed by atoms with E-state index >= 15 is 0 Å². The van der Waals surface area contributed by atoms with Crippen LogP contribution in [-0.4, -0.2) is 41.2 Å². The molecule has 1 aromatic carbocycles. The lowest BCUT2D eigenvalue weighted by molar-refractivity contribution is -0.384. The van der Waals surface area contributed by atoms with Crippen LogP contribution in [0.4, 0.5) is 11.4 Å². The summed E-state index contributed by atoms with van der Waals surface area (Å²) < 4.78 is 0. The van der Waals surface area contributed by atoms with Crippen molar-refractivity contribution in [2.24, 2.45) is 0 Å². The fourth-order valence-electron chi connectivity index (χ4n) is 2.75. The van der Waals surface area contributed by atoms with Gasteiger partial charge < -0.3 is 10.4 Å². The Morgan fingerprint density at radius 2 is 2.30 bits per heavy atom. The van der Waals surface area contributed by atoms with Gasteiger partial charge in [0, 0.05) is 25.7 Å². The van der Waals surface area contributed by atoms with Crippen LogP contribution in [0.25, 0.3) is 0 Å². The number of benzene rings is 1. The van der Waals surface area contributed by atoms with Crippen LogP contribution in [0.15, 0.2) is 18.2 Å². The van der Waals surface area contributed by atoms with Crippen molar-refractivity contribution in [2.45, 2.75) is 31.8 Å². The molecule has 1 heterocycles. The summed E-state index contributed by atoms with van der Waals surface area (Å²) in [5.41, 5.74) is 1.54. The van der Waals surface area contributed by atoms with Gasteiger partial charge in [-0.05, 0) is 31.0 Å². The van der Waals surface area contributed by atoms with E-state index in [0.29, 0.717) is 12.2 Å². The van der Waals surface area contributed by atoms with Crippen molar-refractivity contribution in [3.05, 3.63) is 33.9 Å². The molecule has 1 aromatic rings. The number of nitrogens with zero attached hydrogens (tertiary/aromatic N) is 2. The van der Waals surface area contributed by atoms with E-state index in [1.807, 2.05) is 6.07 Å². The Balaban J connectivity index is 2.16. The average Bonchev–Trinajstić information content (AvgIpc) is 2.47. The van der Waals surface area contributed by atoms with Crippen molar-refractivity contribution in [1.82, 2.24) is 4.90 Å². The molecule has 0 radical (unpaired) electrons. The molecule has 1 aliphatic rings. The summed E-state index contributed by atoms with van der Waals surface area (Å²) in [4.78, 5) is 12.9. The Bertz CT molecular complexity index is 479.